The monoisotopic (exact) mass is 380 g/mol. The Hall–Kier alpha value is -2.93. The van der Waals surface area contributed by atoms with Crippen molar-refractivity contribution < 1.29 is 9.90 Å². The number of pyridine rings is 1. The van der Waals surface area contributed by atoms with E-state index in [0.717, 1.165) is 41.8 Å². The molecule has 146 valence electrons. The Morgan fingerprint density at radius 2 is 1.93 bits per heavy atom. The van der Waals surface area contributed by atoms with Gasteiger partial charge < -0.3 is 19.1 Å². The first kappa shape index (κ1) is 18.4. The summed E-state index contributed by atoms with van der Waals surface area (Å²) >= 11 is 0. The molecule has 1 amide bonds. The minimum absolute atomic E-state index is 0.0488. The Labute approximate surface area is 162 Å². The fourth-order valence-electron chi connectivity index (χ4n) is 3.93. The second-order valence-electron chi connectivity index (χ2n) is 7.38. The van der Waals surface area contributed by atoms with Gasteiger partial charge in [0.1, 0.15) is 12.4 Å². The van der Waals surface area contributed by atoms with Gasteiger partial charge in [0.05, 0.1) is 11.0 Å². The van der Waals surface area contributed by atoms with Gasteiger partial charge in [-0.15, -0.1) is 0 Å². The summed E-state index contributed by atoms with van der Waals surface area (Å²) in [5.74, 6) is 1.08. The maximum absolute atomic E-state index is 11.8. The van der Waals surface area contributed by atoms with Crippen molar-refractivity contribution in [3.63, 3.8) is 0 Å². The highest BCUT2D eigenvalue weighted by molar-refractivity contribution is 5.80. The fourth-order valence-corrected chi connectivity index (χ4v) is 3.93. The van der Waals surface area contributed by atoms with Crippen molar-refractivity contribution in [1.29, 1.82) is 0 Å². The first-order valence-corrected chi connectivity index (χ1v) is 9.58. The molecule has 7 nitrogen and oxygen atoms in total. The summed E-state index contributed by atoms with van der Waals surface area (Å²) in [6, 6.07) is 11.4. The van der Waals surface area contributed by atoms with Crippen molar-refractivity contribution >= 4 is 16.9 Å². The number of nitrogens with zero attached hydrogens (tertiary/aromatic N) is 4. The SMILES string of the molecule is Cn1cc(-c2nc3ccccc3n2CC2CCN(C(=O)CO)CC2)ccc1=O. The van der Waals surface area contributed by atoms with Gasteiger partial charge in [0.25, 0.3) is 0 Å². The standard InChI is InChI=1S/C21H24N4O3/c1-23-13-16(6-7-19(23)27)21-22-17-4-2-3-5-18(17)25(21)12-15-8-10-24(11-9-15)20(28)14-26/h2-7,13,15,26H,8-12,14H2,1H3. The van der Waals surface area contributed by atoms with Crippen molar-refractivity contribution in [1.82, 2.24) is 19.0 Å². The molecule has 2 aromatic heterocycles. The lowest BCUT2D eigenvalue weighted by molar-refractivity contribution is -0.135. The number of para-hydroxylation sites is 2. The summed E-state index contributed by atoms with van der Waals surface area (Å²) in [4.78, 5) is 30.0. The summed E-state index contributed by atoms with van der Waals surface area (Å²) < 4.78 is 3.79. The largest absolute Gasteiger partial charge is 0.387 e. The van der Waals surface area contributed by atoms with E-state index >= 15 is 0 Å². The van der Waals surface area contributed by atoms with Gasteiger partial charge in [0, 0.05) is 44.5 Å². The van der Waals surface area contributed by atoms with Gasteiger partial charge in [-0.2, -0.15) is 0 Å². The van der Waals surface area contributed by atoms with Crippen molar-refractivity contribution in [3.8, 4) is 11.4 Å². The van der Waals surface area contributed by atoms with Crippen LogP contribution in [-0.2, 0) is 18.4 Å². The molecular formula is C21H24N4O3. The van der Waals surface area contributed by atoms with E-state index in [1.807, 2.05) is 30.5 Å². The highest BCUT2D eigenvalue weighted by atomic mass is 16.3. The van der Waals surface area contributed by atoms with Gasteiger partial charge in [-0.05, 0) is 37.0 Å². The van der Waals surface area contributed by atoms with Gasteiger partial charge >= 0.3 is 0 Å². The number of piperidine rings is 1. The molecule has 4 rings (SSSR count). The number of carbonyl (C=O) groups excluding carboxylic acids is 1. The van der Waals surface area contributed by atoms with E-state index < -0.39 is 6.61 Å². The molecular weight excluding hydrogens is 356 g/mol. The van der Waals surface area contributed by atoms with Crippen LogP contribution in [0.3, 0.4) is 0 Å². The average Bonchev–Trinajstić information content (AvgIpc) is 3.08. The van der Waals surface area contributed by atoms with Gasteiger partial charge in [0.2, 0.25) is 11.5 Å². The third kappa shape index (κ3) is 3.45. The molecule has 0 bridgehead atoms. The van der Waals surface area contributed by atoms with Crippen LogP contribution in [0.4, 0.5) is 0 Å². The molecule has 1 aliphatic heterocycles. The minimum Gasteiger partial charge on any atom is -0.387 e. The van der Waals surface area contributed by atoms with Crippen LogP contribution in [0.25, 0.3) is 22.4 Å². The molecule has 3 heterocycles. The second-order valence-corrected chi connectivity index (χ2v) is 7.38. The number of imidazole rings is 1. The van der Waals surface area contributed by atoms with E-state index in [-0.39, 0.29) is 11.5 Å². The van der Waals surface area contributed by atoms with Crippen molar-refractivity contribution in [3.05, 3.63) is 52.9 Å². The normalized spacial score (nSPS) is 15.3. The third-order valence-corrected chi connectivity index (χ3v) is 5.54. The molecule has 0 spiro atoms. The molecule has 3 aromatic rings. The molecule has 0 radical (unpaired) electrons. The maximum atomic E-state index is 11.8. The second kappa shape index (κ2) is 7.59. The van der Waals surface area contributed by atoms with Crippen LogP contribution in [0.2, 0.25) is 0 Å². The number of aliphatic hydroxyl groups excluding tert-OH is 1. The molecule has 0 unspecified atom stereocenters. The quantitative estimate of drug-likeness (QED) is 0.746. The Kier molecular flexibility index (Phi) is 5.00. The minimum atomic E-state index is -0.423. The highest BCUT2D eigenvalue weighted by Crippen LogP contribution is 2.28. The van der Waals surface area contributed by atoms with Crippen LogP contribution in [0.5, 0.6) is 0 Å². The highest BCUT2D eigenvalue weighted by Gasteiger charge is 2.24. The third-order valence-electron chi connectivity index (χ3n) is 5.54. The number of amides is 1. The van der Waals surface area contributed by atoms with E-state index in [1.54, 1.807) is 22.6 Å². The van der Waals surface area contributed by atoms with Gasteiger partial charge in [-0.3, -0.25) is 9.59 Å². The zero-order chi connectivity index (χ0) is 19.7. The number of hydrogen-bond donors (Lipinski definition) is 1. The number of benzene rings is 1. The number of likely N-dealkylation sites (tertiary alicyclic amines) is 1. The van der Waals surface area contributed by atoms with Gasteiger partial charge in [-0.1, -0.05) is 12.1 Å². The first-order valence-electron chi connectivity index (χ1n) is 9.58. The Balaban J connectivity index is 1.65. The lowest BCUT2D eigenvalue weighted by atomic mass is 9.96. The topological polar surface area (TPSA) is 80.4 Å². The molecule has 1 fully saturated rings. The molecule has 0 atom stereocenters. The molecule has 1 aromatic carbocycles. The summed E-state index contributed by atoms with van der Waals surface area (Å²) in [6.07, 6.45) is 3.61. The van der Waals surface area contributed by atoms with E-state index in [2.05, 4.69) is 10.6 Å². The van der Waals surface area contributed by atoms with E-state index in [9.17, 15) is 9.59 Å². The summed E-state index contributed by atoms with van der Waals surface area (Å²) in [5.41, 5.74) is 2.86. The van der Waals surface area contributed by atoms with Crippen LogP contribution in [0, 0.1) is 5.92 Å². The summed E-state index contributed by atoms with van der Waals surface area (Å²) in [6.45, 7) is 1.73. The zero-order valence-electron chi connectivity index (χ0n) is 15.9. The van der Waals surface area contributed by atoms with Crippen LogP contribution in [0.1, 0.15) is 12.8 Å². The number of aryl methyl sites for hydroxylation is 1. The molecule has 28 heavy (non-hydrogen) atoms. The number of aliphatic hydroxyl groups is 1. The molecule has 1 saturated heterocycles. The van der Waals surface area contributed by atoms with Crippen LogP contribution >= 0.6 is 0 Å². The number of rotatable bonds is 4. The number of hydrogen-bond acceptors (Lipinski definition) is 4. The molecule has 0 saturated carbocycles. The molecule has 0 aliphatic carbocycles. The fraction of sp³-hybridized carbons (Fsp3) is 0.381. The lowest BCUT2D eigenvalue weighted by Crippen LogP contribution is -2.40. The van der Waals surface area contributed by atoms with Crippen molar-refractivity contribution in [2.45, 2.75) is 19.4 Å². The average molecular weight is 380 g/mol. The zero-order valence-corrected chi connectivity index (χ0v) is 15.9. The van der Waals surface area contributed by atoms with Gasteiger partial charge in [-0.25, -0.2) is 4.98 Å². The smallest absolute Gasteiger partial charge is 0.250 e. The summed E-state index contributed by atoms with van der Waals surface area (Å²) in [5, 5.41) is 9.06. The van der Waals surface area contributed by atoms with Crippen LogP contribution < -0.4 is 5.56 Å². The number of fused-ring (bicyclic) bond motifs is 1. The van der Waals surface area contributed by atoms with Gasteiger partial charge in [0.15, 0.2) is 0 Å². The summed E-state index contributed by atoms with van der Waals surface area (Å²) in [7, 11) is 1.74. The predicted molar refractivity (Wildman–Crippen MR) is 107 cm³/mol. The Morgan fingerprint density at radius 1 is 1.18 bits per heavy atom. The Morgan fingerprint density at radius 3 is 2.64 bits per heavy atom. The maximum Gasteiger partial charge on any atom is 0.250 e. The molecule has 7 heteroatoms. The Bertz CT molecular complexity index is 1060. The lowest BCUT2D eigenvalue weighted by Gasteiger charge is -2.32. The van der Waals surface area contributed by atoms with Crippen LogP contribution in [0.15, 0.2) is 47.4 Å². The van der Waals surface area contributed by atoms with E-state index in [4.69, 9.17) is 10.1 Å². The number of carbonyl (C=O) groups is 1. The molecule has 1 N–H and O–H groups in total. The van der Waals surface area contributed by atoms with Crippen LogP contribution in [-0.4, -0.2) is 49.7 Å². The van der Waals surface area contributed by atoms with Crippen molar-refractivity contribution in [2.75, 3.05) is 19.7 Å². The van der Waals surface area contributed by atoms with E-state index in [0.29, 0.717) is 19.0 Å². The van der Waals surface area contributed by atoms with E-state index in [1.165, 1.54) is 0 Å². The molecule has 1 aliphatic rings. The number of aromatic nitrogens is 3. The van der Waals surface area contributed by atoms with Crippen molar-refractivity contribution in [2.24, 2.45) is 13.0 Å². The predicted octanol–water partition coefficient (Wildman–Crippen LogP) is 1.63. The first-order chi connectivity index (χ1) is 13.6.